The maximum atomic E-state index is 14.3. The van der Waals surface area contributed by atoms with Gasteiger partial charge in [0, 0.05) is 41.7 Å². The summed E-state index contributed by atoms with van der Waals surface area (Å²) in [5.74, 6) is -4.56. The van der Waals surface area contributed by atoms with Crippen LogP contribution in [0.25, 0.3) is 22.2 Å². The van der Waals surface area contributed by atoms with Crippen LogP contribution in [0.4, 0.5) is 17.6 Å². The lowest BCUT2D eigenvalue weighted by Gasteiger charge is -2.14. The van der Waals surface area contributed by atoms with Crippen molar-refractivity contribution in [3.8, 4) is 11.3 Å². The Labute approximate surface area is 173 Å². The molecule has 2 heterocycles. The van der Waals surface area contributed by atoms with Gasteiger partial charge in [0.15, 0.2) is 0 Å². The number of β-amino-alcohol motifs (C(OH)–C–C–N with tert-alkyl or cyclic N) is 1. The van der Waals surface area contributed by atoms with Gasteiger partial charge in [-0.1, -0.05) is 0 Å². The zero-order valence-electron chi connectivity index (χ0n) is 15.9. The van der Waals surface area contributed by atoms with Crippen LogP contribution in [0.2, 0.25) is 0 Å². The number of carbonyl (C=O) groups is 2. The van der Waals surface area contributed by atoms with Crippen molar-refractivity contribution in [2.75, 3.05) is 6.54 Å². The molecular formula is C21H17F4N3O3. The number of rotatable bonds is 5. The standard InChI is InChI=1S/C21H17F4N3O3/c22-10-3-9(4-11(23)5-10)18-13(14-6-12(24)7-15(25)19(14)28-18)1-2-17(30)27-20-16(29)8-26-21(20)31/h3-7,16,20,28-29H,1-2,8H2,(H,26,31)(H,27,30)/t16-,20+/m1/s1. The molecular weight excluding hydrogens is 418 g/mol. The van der Waals surface area contributed by atoms with Gasteiger partial charge in [0.2, 0.25) is 11.8 Å². The molecule has 4 N–H and O–H groups in total. The van der Waals surface area contributed by atoms with Gasteiger partial charge in [-0.2, -0.15) is 0 Å². The second kappa shape index (κ2) is 8.03. The summed E-state index contributed by atoms with van der Waals surface area (Å²) in [7, 11) is 0. The molecule has 0 radical (unpaired) electrons. The molecule has 31 heavy (non-hydrogen) atoms. The van der Waals surface area contributed by atoms with Gasteiger partial charge in [0.05, 0.1) is 5.52 Å². The highest BCUT2D eigenvalue weighted by Gasteiger charge is 2.34. The quantitative estimate of drug-likeness (QED) is 0.464. The Balaban J connectivity index is 1.68. The first kappa shape index (κ1) is 20.9. The summed E-state index contributed by atoms with van der Waals surface area (Å²) in [5, 5.41) is 14.7. The van der Waals surface area contributed by atoms with Crippen molar-refractivity contribution in [1.82, 2.24) is 15.6 Å². The van der Waals surface area contributed by atoms with Crippen molar-refractivity contribution in [3.05, 3.63) is 59.2 Å². The van der Waals surface area contributed by atoms with Gasteiger partial charge in [-0.25, -0.2) is 17.6 Å². The van der Waals surface area contributed by atoms with E-state index in [2.05, 4.69) is 15.6 Å². The number of aliphatic hydroxyl groups is 1. The van der Waals surface area contributed by atoms with Crippen LogP contribution < -0.4 is 10.6 Å². The number of carbonyl (C=O) groups excluding carboxylic acids is 2. The van der Waals surface area contributed by atoms with E-state index in [-0.39, 0.29) is 47.1 Å². The largest absolute Gasteiger partial charge is 0.389 e. The lowest BCUT2D eigenvalue weighted by atomic mass is 10.0. The molecule has 0 bridgehead atoms. The third kappa shape index (κ3) is 4.11. The lowest BCUT2D eigenvalue weighted by Crippen LogP contribution is -2.45. The Morgan fingerprint density at radius 1 is 1.06 bits per heavy atom. The maximum Gasteiger partial charge on any atom is 0.245 e. The molecule has 6 nitrogen and oxygen atoms in total. The van der Waals surface area contributed by atoms with Gasteiger partial charge in [-0.05, 0) is 30.2 Å². The summed E-state index contributed by atoms with van der Waals surface area (Å²) in [4.78, 5) is 26.7. The van der Waals surface area contributed by atoms with E-state index in [4.69, 9.17) is 0 Å². The van der Waals surface area contributed by atoms with Crippen LogP contribution in [0.5, 0.6) is 0 Å². The van der Waals surface area contributed by atoms with E-state index in [1.807, 2.05) is 0 Å². The highest BCUT2D eigenvalue weighted by Crippen LogP contribution is 2.34. The fourth-order valence-electron chi connectivity index (χ4n) is 3.73. The number of fused-ring (bicyclic) bond motifs is 1. The Hall–Kier alpha value is -3.40. The van der Waals surface area contributed by atoms with Crippen LogP contribution in [0.15, 0.2) is 30.3 Å². The van der Waals surface area contributed by atoms with Crippen molar-refractivity contribution in [2.45, 2.75) is 25.0 Å². The van der Waals surface area contributed by atoms with Crippen LogP contribution in [0, 0.1) is 23.3 Å². The van der Waals surface area contributed by atoms with E-state index in [1.54, 1.807) is 0 Å². The summed E-state index contributed by atoms with van der Waals surface area (Å²) in [5.41, 5.74) is 0.422. The molecule has 0 aliphatic carbocycles. The van der Waals surface area contributed by atoms with Crippen molar-refractivity contribution in [1.29, 1.82) is 0 Å². The molecule has 2 amide bonds. The molecule has 10 heteroatoms. The van der Waals surface area contributed by atoms with E-state index in [0.717, 1.165) is 18.2 Å². The van der Waals surface area contributed by atoms with Crippen molar-refractivity contribution in [2.24, 2.45) is 0 Å². The first-order chi connectivity index (χ1) is 14.7. The van der Waals surface area contributed by atoms with Crippen LogP contribution in [-0.2, 0) is 16.0 Å². The number of aromatic amines is 1. The van der Waals surface area contributed by atoms with Crippen molar-refractivity contribution < 1.29 is 32.3 Å². The van der Waals surface area contributed by atoms with Crippen LogP contribution >= 0.6 is 0 Å². The molecule has 0 unspecified atom stereocenters. The van der Waals surface area contributed by atoms with Crippen molar-refractivity contribution in [3.63, 3.8) is 0 Å². The number of aromatic nitrogens is 1. The Kier molecular flexibility index (Phi) is 5.40. The zero-order valence-corrected chi connectivity index (χ0v) is 15.9. The minimum Gasteiger partial charge on any atom is -0.389 e. The Morgan fingerprint density at radius 2 is 1.74 bits per heavy atom. The third-order valence-electron chi connectivity index (χ3n) is 5.15. The number of aryl methyl sites for hydroxylation is 1. The lowest BCUT2D eigenvalue weighted by molar-refractivity contribution is -0.128. The molecule has 4 rings (SSSR count). The molecule has 1 aliphatic rings. The monoisotopic (exact) mass is 435 g/mol. The first-order valence-electron chi connectivity index (χ1n) is 9.44. The average Bonchev–Trinajstić information content (AvgIpc) is 3.20. The van der Waals surface area contributed by atoms with E-state index in [0.29, 0.717) is 12.1 Å². The summed E-state index contributed by atoms with van der Waals surface area (Å²) in [6.07, 6.45) is -1.32. The number of benzene rings is 2. The second-order valence-corrected chi connectivity index (χ2v) is 7.30. The molecule has 162 valence electrons. The van der Waals surface area contributed by atoms with Crippen molar-refractivity contribution >= 4 is 22.7 Å². The number of hydrogen-bond acceptors (Lipinski definition) is 3. The third-order valence-corrected chi connectivity index (χ3v) is 5.15. The molecule has 1 aliphatic heterocycles. The van der Waals surface area contributed by atoms with E-state index < -0.39 is 47.2 Å². The Morgan fingerprint density at radius 3 is 2.39 bits per heavy atom. The normalized spacial score (nSPS) is 18.4. The fourth-order valence-corrected chi connectivity index (χ4v) is 3.73. The molecule has 1 aromatic heterocycles. The summed E-state index contributed by atoms with van der Waals surface area (Å²) in [6, 6.07) is 3.38. The van der Waals surface area contributed by atoms with Crippen LogP contribution in [0.1, 0.15) is 12.0 Å². The zero-order chi connectivity index (χ0) is 22.3. The number of halogens is 4. The summed E-state index contributed by atoms with van der Waals surface area (Å²) in [6.45, 7) is 0.0140. The van der Waals surface area contributed by atoms with Crippen LogP contribution in [-0.4, -0.2) is 40.6 Å². The van der Waals surface area contributed by atoms with E-state index in [9.17, 15) is 32.3 Å². The average molecular weight is 435 g/mol. The highest BCUT2D eigenvalue weighted by atomic mass is 19.1. The maximum absolute atomic E-state index is 14.3. The highest BCUT2D eigenvalue weighted by molar-refractivity contribution is 5.93. The minimum absolute atomic E-state index is 0.0140. The molecule has 2 aromatic carbocycles. The van der Waals surface area contributed by atoms with Gasteiger partial charge in [-0.15, -0.1) is 0 Å². The summed E-state index contributed by atoms with van der Waals surface area (Å²) < 4.78 is 55.6. The van der Waals surface area contributed by atoms with Gasteiger partial charge < -0.3 is 20.7 Å². The minimum atomic E-state index is -1.10. The molecule has 1 fully saturated rings. The number of H-pyrrole nitrogens is 1. The van der Waals surface area contributed by atoms with Crippen LogP contribution in [0.3, 0.4) is 0 Å². The van der Waals surface area contributed by atoms with E-state index in [1.165, 1.54) is 0 Å². The van der Waals surface area contributed by atoms with Gasteiger partial charge >= 0.3 is 0 Å². The molecule has 0 spiro atoms. The van der Waals surface area contributed by atoms with Gasteiger partial charge in [0.1, 0.15) is 35.4 Å². The van der Waals surface area contributed by atoms with Gasteiger partial charge in [0.25, 0.3) is 0 Å². The first-order valence-corrected chi connectivity index (χ1v) is 9.44. The Bertz CT molecular complexity index is 1170. The topological polar surface area (TPSA) is 94.2 Å². The molecule has 3 aromatic rings. The number of aliphatic hydroxyl groups excluding tert-OH is 1. The molecule has 0 saturated carbocycles. The smallest absolute Gasteiger partial charge is 0.245 e. The number of nitrogens with one attached hydrogen (secondary N) is 3. The van der Waals surface area contributed by atoms with Gasteiger partial charge in [-0.3, -0.25) is 9.59 Å². The van der Waals surface area contributed by atoms with E-state index >= 15 is 0 Å². The fraction of sp³-hybridized carbons (Fsp3) is 0.238. The number of hydrogen-bond donors (Lipinski definition) is 4. The molecule has 2 atom stereocenters. The predicted octanol–water partition coefficient (Wildman–Crippen LogP) is 2.30. The SMILES string of the molecule is O=C(CCc1c(-c2cc(F)cc(F)c2)[nH]c2c(F)cc(F)cc12)N[C@@H]1C(=O)NC[C@H]1O. The second-order valence-electron chi connectivity index (χ2n) is 7.30. The molecule has 1 saturated heterocycles. The predicted molar refractivity (Wildman–Crippen MR) is 103 cm³/mol. The summed E-state index contributed by atoms with van der Waals surface area (Å²) >= 11 is 0. The number of amides is 2.